The minimum Gasteiger partial charge on any atom is -0.466 e. The molecule has 0 bridgehead atoms. The molecule has 0 spiro atoms. The van der Waals surface area contributed by atoms with E-state index >= 15 is 0 Å². The van der Waals surface area contributed by atoms with Crippen LogP contribution >= 0.6 is 0 Å². The van der Waals surface area contributed by atoms with Gasteiger partial charge in [0.1, 0.15) is 0 Å². The van der Waals surface area contributed by atoms with Gasteiger partial charge in [-0.05, 0) is 19.9 Å². The highest BCUT2D eigenvalue weighted by molar-refractivity contribution is 5.71. The molecule has 15 heavy (non-hydrogen) atoms. The highest BCUT2D eigenvalue weighted by Crippen LogP contribution is 2.07. The summed E-state index contributed by atoms with van der Waals surface area (Å²) in [4.78, 5) is 13.7. The molecule has 0 aromatic rings. The third kappa shape index (κ3) is 4.62. The molecule has 4 heteroatoms. The lowest BCUT2D eigenvalue weighted by Gasteiger charge is -2.27. The lowest BCUT2D eigenvalue weighted by Crippen LogP contribution is -2.37. The fraction of sp³-hybridized carbons (Fsp3) is 0.909. The summed E-state index contributed by atoms with van der Waals surface area (Å²) in [6, 6.07) is 0. The van der Waals surface area contributed by atoms with Crippen molar-refractivity contribution in [1.82, 2.24) is 4.90 Å². The van der Waals surface area contributed by atoms with E-state index in [1.807, 2.05) is 13.8 Å². The Morgan fingerprint density at radius 2 is 2.13 bits per heavy atom. The maximum atomic E-state index is 11.4. The Morgan fingerprint density at radius 1 is 1.47 bits per heavy atom. The average Bonchev–Trinajstić information content (AvgIpc) is 2.27. The zero-order valence-corrected chi connectivity index (χ0v) is 9.70. The molecule has 0 N–H and O–H groups in total. The van der Waals surface area contributed by atoms with Crippen molar-refractivity contribution < 1.29 is 14.3 Å². The summed E-state index contributed by atoms with van der Waals surface area (Å²) < 4.78 is 10.2. The van der Waals surface area contributed by atoms with E-state index in [1.165, 1.54) is 0 Å². The second-order valence-electron chi connectivity index (χ2n) is 3.90. The minimum absolute atomic E-state index is 0.00722. The largest absolute Gasteiger partial charge is 0.466 e. The van der Waals surface area contributed by atoms with Crippen LogP contribution in [0.4, 0.5) is 0 Å². The van der Waals surface area contributed by atoms with Crippen molar-refractivity contribution in [2.24, 2.45) is 5.92 Å². The smallest absolute Gasteiger partial charge is 0.308 e. The maximum Gasteiger partial charge on any atom is 0.308 e. The Morgan fingerprint density at radius 3 is 2.73 bits per heavy atom. The number of hydrogen-bond donors (Lipinski definition) is 0. The summed E-state index contributed by atoms with van der Waals surface area (Å²) in [6.45, 7) is 8.79. The zero-order valence-electron chi connectivity index (χ0n) is 9.70. The molecule has 0 radical (unpaired) electrons. The number of hydrogen-bond acceptors (Lipinski definition) is 4. The summed E-state index contributed by atoms with van der Waals surface area (Å²) in [5.41, 5.74) is 0. The molecule has 0 saturated carbocycles. The van der Waals surface area contributed by atoms with Crippen LogP contribution in [0.2, 0.25) is 0 Å². The van der Waals surface area contributed by atoms with Crippen LogP contribution in [0, 0.1) is 5.92 Å². The molecular weight excluding hydrogens is 194 g/mol. The number of morpholine rings is 1. The van der Waals surface area contributed by atoms with Crippen molar-refractivity contribution in [3.05, 3.63) is 0 Å². The van der Waals surface area contributed by atoms with E-state index in [0.717, 1.165) is 39.3 Å². The Kier molecular flexibility index (Phi) is 5.65. The van der Waals surface area contributed by atoms with Crippen LogP contribution in [0.15, 0.2) is 0 Å². The topological polar surface area (TPSA) is 38.8 Å². The van der Waals surface area contributed by atoms with Gasteiger partial charge >= 0.3 is 5.97 Å². The van der Waals surface area contributed by atoms with Crippen LogP contribution in [-0.2, 0) is 14.3 Å². The Labute approximate surface area is 91.5 Å². The molecule has 1 rings (SSSR count). The van der Waals surface area contributed by atoms with Crippen molar-refractivity contribution in [1.29, 1.82) is 0 Å². The first-order valence-electron chi connectivity index (χ1n) is 5.70. The number of ether oxygens (including phenoxy) is 2. The van der Waals surface area contributed by atoms with Gasteiger partial charge in [-0.2, -0.15) is 0 Å². The van der Waals surface area contributed by atoms with Crippen molar-refractivity contribution >= 4 is 5.97 Å². The van der Waals surface area contributed by atoms with Crippen LogP contribution in [0.5, 0.6) is 0 Å². The summed E-state index contributed by atoms with van der Waals surface area (Å²) in [6.07, 6.45) is 0.874. The first-order valence-corrected chi connectivity index (χ1v) is 5.70. The van der Waals surface area contributed by atoms with Gasteiger partial charge in [0, 0.05) is 13.1 Å². The lowest BCUT2D eigenvalue weighted by molar-refractivity contribution is -0.147. The van der Waals surface area contributed by atoms with E-state index in [-0.39, 0.29) is 11.9 Å². The molecule has 1 fully saturated rings. The number of carbonyl (C=O) groups is 1. The van der Waals surface area contributed by atoms with Gasteiger partial charge in [0.25, 0.3) is 0 Å². The van der Waals surface area contributed by atoms with Crippen LogP contribution in [0.1, 0.15) is 20.3 Å². The third-order valence-corrected chi connectivity index (χ3v) is 2.67. The summed E-state index contributed by atoms with van der Waals surface area (Å²) in [7, 11) is 0. The van der Waals surface area contributed by atoms with Gasteiger partial charge in [-0.25, -0.2) is 0 Å². The van der Waals surface area contributed by atoms with E-state index in [1.54, 1.807) is 0 Å². The van der Waals surface area contributed by atoms with Gasteiger partial charge in [-0.1, -0.05) is 6.92 Å². The van der Waals surface area contributed by atoms with E-state index in [2.05, 4.69) is 4.90 Å². The van der Waals surface area contributed by atoms with Gasteiger partial charge in [0.2, 0.25) is 0 Å². The standard InChI is InChI=1S/C11H21NO3/c1-3-15-11(13)10(2)4-5-12-6-8-14-9-7-12/h10H,3-9H2,1-2H3. The quantitative estimate of drug-likeness (QED) is 0.639. The fourth-order valence-corrected chi connectivity index (χ4v) is 1.60. The van der Waals surface area contributed by atoms with Gasteiger partial charge in [-0.3, -0.25) is 9.69 Å². The Balaban J connectivity index is 2.14. The number of esters is 1. The third-order valence-electron chi connectivity index (χ3n) is 2.67. The predicted molar refractivity (Wildman–Crippen MR) is 57.7 cm³/mol. The first kappa shape index (κ1) is 12.5. The number of nitrogens with zero attached hydrogens (tertiary/aromatic N) is 1. The highest BCUT2D eigenvalue weighted by atomic mass is 16.5. The first-order chi connectivity index (χ1) is 7.24. The second kappa shape index (κ2) is 6.80. The van der Waals surface area contributed by atoms with Gasteiger partial charge < -0.3 is 9.47 Å². The number of rotatable bonds is 5. The van der Waals surface area contributed by atoms with E-state index in [4.69, 9.17) is 9.47 Å². The van der Waals surface area contributed by atoms with Gasteiger partial charge in [-0.15, -0.1) is 0 Å². The average molecular weight is 215 g/mol. The fourth-order valence-electron chi connectivity index (χ4n) is 1.60. The molecule has 0 amide bonds. The molecule has 0 aromatic heterocycles. The van der Waals surface area contributed by atoms with Crippen molar-refractivity contribution in [2.45, 2.75) is 20.3 Å². The SMILES string of the molecule is CCOC(=O)C(C)CCN1CCOCC1. The van der Waals surface area contributed by atoms with E-state index in [0.29, 0.717) is 6.61 Å². The maximum absolute atomic E-state index is 11.4. The highest BCUT2D eigenvalue weighted by Gasteiger charge is 2.16. The summed E-state index contributed by atoms with van der Waals surface area (Å²) >= 11 is 0. The Bertz CT molecular complexity index is 190. The van der Waals surface area contributed by atoms with Crippen molar-refractivity contribution in [2.75, 3.05) is 39.5 Å². The molecule has 1 heterocycles. The van der Waals surface area contributed by atoms with Crippen molar-refractivity contribution in [3.8, 4) is 0 Å². The molecule has 4 nitrogen and oxygen atoms in total. The molecule has 1 saturated heterocycles. The molecule has 0 aliphatic carbocycles. The molecular formula is C11H21NO3. The van der Waals surface area contributed by atoms with Crippen LogP contribution in [0.3, 0.4) is 0 Å². The minimum atomic E-state index is -0.0780. The summed E-state index contributed by atoms with van der Waals surface area (Å²) in [5.74, 6) is -0.0708. The van der Waals surface area contributed by atoms with Crippen LogP contribution < -0.4 is 0 Å². The van der Waals surface area contributed by atoms with E-state index in [9.17, 15) is 4.79 Å². The monoisotopic (exact) mass is 215 g/mol. The molecule has 1 atom stereocenters. The van der Waals surface area contributed by atoms with Gasteiger partial charge in [0.15, 0.2) is 0 Å². The lowest BCUT2D eigenvalue weighted by atomic mass is 10.1. The van der Waals surface area contributed by atoms with E-state index < -0.39 is 0 Å². The molecule has 0 aromatic carbocycles. The molecule has 1 aliphatic rings. The van der Waals surface area contributed by atoms with Crippen LogP contribution in [-0.4, -0.2) is 50.3 Å². The molecule has 88 valence electrons. The zero-order chi connectivity index (χ0) is 11.1. The molecule has 1 unspecified atom stereocenters. The summed E-state index contributed by atoms with van der Waals surface area (Å²) in [5, 5.41) is 0. The van der Waals surface area contributed by atoms with Gasteiger partial charge in [0.05, 0.1) is 25.7 Å². The van der Waals surface area contributed by atoms with Crippen molar-refractivity contribution in [3.63, 3.8) is 0 Å². The van der Waals surface area contributed by atoms with Crippen LogP contribution in [0.25, 0.3) is 0 Å². The predicted octanol–water partition coefficient (Wildman–Crippen LogP) is 0.908. The Hall–Kier alpha value is -0.610. The number of carbonyl (C=O) groups excluding carboxylic acids is 1. The molecule has 1 aliphatic heterocycles. The normalized spacial score (nSPS) is 19.9. The second-order valence-corrected chi connectivity index (χ2v) is 3.90.